The number of carbonyl (C=O) groups is 3. The third-order valence-electron chi connectivity index (χ3n) is 9.99. The van der Waals surface area contributed by atoms with Crippen LogP contribution in [0.5, 0.6) is 11.6 Å². The Labute approximate surface area is 267 Å². The maximum Gasteiger partial charge on any atom is 0.416 e. The first kappa shape index (κ1) is 30.4. The fraction of sp³-hybridized carbons (Fsp3) is 0.576. The Hall–Kier alpha value is -4.28. The zero-order valence-corrected chi connectivity index (χ0v) is 26.1. The van der Waals surface area contributed by atoms with Crippen molar-refractivity contribution in [1.82, 2.24) is 20.2 Å². The second-order valence-electron chi connectivity index (χ2n) is 13.2. The van der Waals surface area contributed by atoms with Crippen LogP contribution in [-0.4, -0.2) is 90.2 Å². The van der Waals surface area contributed by atoms with Gasteiger partial charge in [0.2, 0.25) is 5.88 Å². The molecule has 0 radical (unpaired) electrons. The molecule has 0 bridgehead atoms. The summed E-state index contributed by atoms with van der Waals surface area (Å²) in [6, 6.07) is 5.81. The molecule has 1 spiro atoms. The van der Waals surface area contributed by atoms with Crippen molar-refractivity contribution >= 4 is 29.4 Å². The summed E-state index contributed by atoms with van der Waals surface area (Å²) in [5.41, 5.74) is 3.05. The van der Waals surface area contributed by atoms with Crippen LogP contribution >= 0.6 is 0 Å². The van der Waals surface area contributed by atoms with E-state index < -0.39 is 11.7 Å². The fourth-order valence-corrected chi connectivity index (χ4v) is 7.41. The van der Waals surface area contributed by atoms with Gasteiger partial charge in [0.15, 0.2) is 18.2 Å². The minimum atomic E-state index is -0.580. The number of rotatable bonds is 6. The molecule has 3 saturated heterocycles. The van der Waals surface area contributed by atoms with Crippen molar-refractivity contribution in [2.75, 3.05) is 56.2 Å². The predicted octanol–water partition coefficient (Wildman–Crippen LogP) is 2.67. The van der Waals surface area contributed by atoms with Crippen molar-refractivity contribution in [3.05, 3.63) is 34.5 Å². The Balaban J connectivity index is 0.950. The van der Waals surface area contributed by atoms with Crippen molar-refractivity contribution in [2.45, 2.75) is 69.9 Å². The van der Waals surface area contributed by atoms with Gasteiger partial charge in [0.1, 0.15) is 35.6 Å². The molecule has 1 aliphatic carbocycles. The van der Waals surface area contributed by atoms with E-state index in [9.17, 15) is 19.6 Å². The van der Waals surface area contributed by atoms with Crippen LogP contribution in [0.4, 0.5) is 16.4 Å². The van der Waals surface area contributed by atoms with Crippen LogP contribution in [0.3, 0.4) is 0 Å². The van der Waals surface area contributed by atoms with Gasteiger partial charge in [0.25, 0.3) is 5.91 Å². The number of nitrogens with one attached hydrogen (secondary N) is 2. The van der Waals surface area contributed by atoms with Crippen molar-refractivity contribution in [1.29, 1.82) is 5.26 Å². The largest absolute Gasteiger partial charge is 0.480 e. The van der Waals surface area contributed by atoms with E-state index in [1.54, 1.807) is 12.1 Å². The van der Waals surface area contributed by atoms with Crippen LogP contribution in [0.25, 0.3) is 0 Å². The van der Waals surface area contributed by atoms with Gasteiger partial charge >= 0.3 is 6.09 Å². The van der Waals surface area contributed by atoms with E-state index in [0.717, 1.165) is 62.9 Å². The molecule has 2 unspecified atom stereocenters. The number of ketones is 1. The van der Waals surface area contributed by atoms with E-state index in [2.05, 4.69) is 31.6 Å². The maximum atomic E-state index is 12.9. The molecule has 242 valence electrons. The lowest BCUT2D eigenvalue weighted by Crippen LogP contribution is -2.48. The SMILES string of the molecule is Cc1c(OCC2CCCCC(=O)CN2)nc(C#N)c2c1CC(CN1CCC3(CC1)CN(c1ccc4c(n1)NC(=O)CO4)C(=O)O3)C2. The lowest BCUT2D eigenvalue weighted by molar-refractivity contribution is -0.119. The number of carbonyl (C=O) groups excluding carboxylic acids is 3. The number of likely N-dealkylation sites (tertiary alicyclic amines) is 1. The van der Waals surface area contributed by atoms with Crippen LogP contribution in [0.1, 0.15) is 60.9 Å². The molecule has 13 heteroatoms. The second kappa shape index (κ2) is 12.5. The number of hydrogen-bond donors (Lipinski definition) is 2. The first-order chi connectivity index (χ1) is 22.3. The first-order valence-corrected chi connectivity index (χ1v) is 16.3. The van der Waals surface area contributed by atoms with Crippen LogP contribution in [0.15, 0.2) is 12.1 Å². The van der Waals surface area contributed by atoms with E-state index >= 15 is 0 Å². The molecule has 3 fully saturated rings. The van der Waals surface area contributed by atoms with Crippen LogP contribution in [0, 0.1) is 24.2 Å². The Morgan fingerprint density at radius 3 is 2.78 bits per heavy atom. The summed E-state index contributed by atoms with van der Waals surface area (Å²) >= 11 is 0. The molecule has 2 N–H and O–H groups in total. The average molecular weight is 630 g/mol. The van der Waals surface area contributed by atoms with Crippen LogP contribution in [-0.2, 0) is 27.2 Å². The standard InChI is InChI=1S/C33H39N7O6/c1-20-24-12-21(13-25(24)26(14-34)36-31(20)45-17-22-4-2-3-5-23(41)15-35-22)16-39-10-8-33(9-11-39)19-40(32(43)46-33)28-7-6-27-30(37-28)38-29(42)18-44-27/h6-7,21-22,35H,2-5,8-13,15-19H2,1H3,(H,37,38,42). The highest BCUT2D eigenvalue weighted by Gasteiger charge is 2.48. The Bertz CT molecular complexity index is 1600. The predicted molar refractivity (Wildman–Crippen MR) is 166 cm³/mol. The zero-order chi connectivity index (χ0) is 31.8. The van der Waals surface area contributed by atoms with Gasteiger partial charge in [-0.2, -0.15) is 5.26 Å². The average Bonchev–Trinajstić information content (AvgIpc) is 3.61. The summed E-state index contributed by atoms with van der Waals surface area (Å²) in [5.74, 6) is 2.03. The Morgan fingerprint density at radius 2 is 1.96 bits per heavy atom. The number of ether oxygens (including phenoxy) is 3. The van der Waals surface area contributed by atoms with Gasteiger partial charge in [-0.3, -0.25) is 14.5 Å². The highest BCUT2D eigenvalue weighted by Crippen LogP contribution is 2.39. The summed E-state index contributed by atoms with van der Waals surface area (Å²) in [6.45, 7) is 5.64. The van der Waals surface area contributed by atoms with Gasteiger partial charge in [0.05, 0.1) is 13.1 Å². The number of pyridine rings is 2. The molecular weight excluding hydrogens is 590 g/mol. The lowest BCUT2D eigenvalue weighted by atomic mass is 9.90. The summed E-state index contributed by atoms with van der Waals surface area (Å²) in [7, 11) is 0. The van der Waals surface area contributed by atoms with Gasteiger partial charge in [-0.1, -0.05) is 6.42 Å². The topological polar surface area (TPSA) is 159 Å². The van der Waals surface area contributed by atoms with E-state index in [0.29, 0.717) is 73.8 Å². The van der Waals surface area contributed by atoms with E-state index in [1.165, 1.54) is 10.5 Å². The molecule has 4 aliphatic heterocycles. The van der Waals surface area contributed by atoms with E-state index in [4.69, 9.17) is 14.2 Å². The molecule has 0 aromatic carbocycles. The Morgan fingerprint density at radius 1 is 1.13 bits per heavy atom. The van der Waals surface area contributed by atoms with Crippen LogP contribution < -0.4 is 25.0 Å². The van der Waals surface area contributed by atoms with Crippen molar-refractivity contribution in [3.8, 4) is 17.7 Å². The molecular formula is C33H39N7O6. The number of anilines is 2. The third-order valence-corrected chi connectivity index (χ3v) is 9.99. The first-order valence-electron chi connectivity index (χ1n) is 16.3. The molecule has 6 heterocycles. The number of amides is 2. The number of nitrogens with zero attached hydrogens (tertiary/aromatic N) is 5. The van der Waals surface area contributed by atoms with Gasteiger partial charge in [-0.15, -0.1) is 0 Å². The summed E-state index contributed by atoms with van der Waals surface area (Å²) in [4.78, 5) is 49.6. The molecule has 46 heavy (non-hydrogen) atoms. The summed E-state index contributed by atoms with van der Waals surface area (Å²) in [6.07, 6.45) is 6.13. The number of aromatic nitrogens is 2. The molecule has 2 atom stereocenters. The van der Waals surface area contributed by atoms with Gasteiger partial charge in [0, 0.05) is 50.5 Å². The van der Waals surface area contributed by atoms with E-state index in [1.807, 2.05) is 6.92 Å². The number of nitriles is 1. The highest BCUT2D eigenvalue weighted by molar-refractivity contribution is 5.95. The van der Waals surface area contributed by atoms with Gasteiger partial charge < -0.3 is 29.7 Å². The van der Waals surface area contributed by atoms with Crippen molar-refractivity contribution in [2.24, 2.45) is 5.92 Å². The van der Waals surface area contributed by atoms with Crippen LogP contribution in [0.2, 0.25) is 0 Å². The molecule has 7 rings (SSSR count). The third kappa shape index (κ3) is 6.11. The molecule has 2 aromatic rings. The molecule has 2 aromatic heterocycles. The van der Waals surface area contributed by atoms with Crippen molar-refractivity contribution < 1.29 is 28.6 Å². The second-order valence-corrected chi connectivity index (χ2v) is 13.2. The molecule has 2 amide bonds. The molecule has 5 aliphatic rings. The lowest BCUT2D eigenvalue weighted by Gasteiger charge is -2.38. The fourth-order valence-electron chi connectivity index (χ4n) is 7.41. The minimum absolute atomic E-state index is 0.0547. The van der Waals surface area contributed by atoms with Crippen molar-refractivity contribution in [3.63, 3.8) is 0 Å². The summed E-state index contributed by atoms with van der Waals surface area (Å²) in [5, 5.41) is 16.0. The number of piperidine rings is 1. The number of Topliss-reactive ketones (excluding diaryl/α,β-unsaturated/α-hetero) is 1. The smallest absolute Gasteiger partial charge is 0.416 e. The highest BCUT2D eigenvalue weighted by atomic mass is 16.6. The van der Waals surface area contributed by atoms with E-state index in [-0.39, 0.29) is 24.3 Å². The van der Waals surface area contributed by atoms with Gasteiger partial charge in [-0.05, 0) is 61.8 Å². The molecule has 13 nitrogen and oxygen atoms in total. The maximum absolute atomic E-state index is 12.9. The Kier molecular flexibility index (Phi) is 8.25. The summed E-state index contributed by atoms with van der Waals surface area (Å²) < 4.78 is 17.5. The minimum Gasteiger partial charge on any atom is -0.480 e. The monoisotopic (exact) mass is 629 g/mol. The quantitative estimate of drug-likeness (QED) is 0.484. The molecule has 0 saturated carbocycles. The number of hydrogen-bond acceptors (Lipinski definition) is 11. The van der Waals surface area contributed by atoms with Gasteiger partial charge in [-0.25, -0.2) is 14.8 Å². The normalized spacial score (nSPS) is 24.3. The zero-order valence-electron chi connectivity index (χ0n) is 26.1. The number of fused-ring (bicyclic) bond motifs is 2.